The first kappa shape index (κ1) is 14.0. The van der Waals surface area contributed by atoms with E-state index in [0.717, 1.165) is 0 Å². The van der Waals surface area contributed by atoms with Crippen molar-refractivity contribution in [2.75, 3.05) is 24.3 Å². The van der Waals surface area contributed by atoms with E-state index in [1.807, 2.05) is 0 Å². The van der Waals surface area contributed by atoms with Crippen LogP contribution in [0.1, 0.15) is 36.1 Å². The highest BCUT2D eigenvalue weighted by atomic mass is 15.1. The molecule has 0 saturated heterocycles. The van der Waals surface area contributed by atoms with Gasteiger partial charge in [-0.1, -0.05) is 18.2 Å². The molecule has 0 radical (unpaired) electrons. The van der Waals surface area contributed by atoms with Crippen molar-refractivity contribution in [2.24, 2.45) is 0 Å². The van der Waals surface area contributed by atoms with Gasteiger partial charge < -0.3 is 10.2 Å². The maximum Gasteiger partial charge on any atom is 0.0485 e. The van der Waals surface area contributed by atoms with E-state index < -0.39 is 0 Å². The highest BCUT2D eigenvalue weighted by Crippen LogP contribution is 2.27. The van der Waals surface area contributed by atoms with Crippen LogP contribution < -0.4 is 10.2 Å². The number of hydrogen-bond acceptors (Lipinski definition) is 2. The number of rotatable bonds is 4. The predicted molar refractivity (Wildman–Crippen MR) is 91.3 cm³/mol. The Hall–Kier alpha value is -1.96. The molecule has 0 spiro atoms. The molecule has 0 amide bonds. The second-order valence-corrected chi connectivity index (χ2v) is 6.19. The molecular formula is C19H24N2. The molecule has 21 heavy (non-hydrogen) atoms. The number of hydrogen-bond donors (Lipinski definition) is 1. The fourth-order valence-electron chi connectivity index (χ4n) is 3.05. The molecule has 0 aromatic heterocycles. The summed E-state index contributed by atoms with van der Waals surface area (Å²) < 4.78 is 0. The van der Waals surface area contributed by atoms with Gasteiger partial charge in [0, 0.05) is 31.5 Å². The maximum absolute atomic E-state index is 3.60. The average molecular weight is 280 g/mol. The number of aryl methyl sites for hydroxylation is 2. The molecule has 1 atom stereocenters. The van der Waals surface area contributed by atoms with Crippen LogP contribution in [0.3, 0.4) is 0 Å². The summed E-state index contributed by atoms with van der Waals surface area (Å²) in [7, 11) is 4.13. The Balaban J connectivity index is 1.72. The van der Waals surface area contributed by atoms with E-state index >= 15 is 0 Å². The fraction of sp³-hybridized carbons (Fsp3) is 0.368. The number of nitrogens with zero attached hydrogens (tertiary/aromatic N) is 1. The lowest BCUT2D eigenvalue weighted by Crippen LogP contribution is -2.09. The first-order chi connectivity index (χ1) is 10.1. The summed E-state index contributed by atoms with van der Waals surface area (Å²) in [5.74, 6) is 0. The first-order valence-corrected chi connectivity index (χ1v) is 7.79. The molecule has 1 unspecified atom stereocenters. The molecule has 1 aliphatic rings. The molecule has 2 aromatic rings. The van der Waals surface area contributed by atoms with E-state index in [9.17, 15) is 0 Å². The Morgan fingerprint density at radius 2 is 1.67 bits per heavy atom. The number of nitrogens with one attached hydrogen (secondary N) is 1. The van der Waals surface area contributed by atoms with Crippen LogP contribution in [0.4, 0.5) is 11.4 Å². The molecule has 3 rings (SSSR count). The van der Waals surface area contributed by atoms with Gasteiger partial charge in [0.2, 0.25) is 0 Å². The molecule has 2 nitrogen and oxygen atoms in total. The van der Waals surface area contributed by atoms with Crippen molar-refractivity contribution in [1.29, 1.82) is 0 Å². The van der Waals surface area contributed by atoms with Gasteiger partial charge in [0.15, 0.2) is 0 Å². The molecule has 0 heterocycles. The van der Waals surface area contributed by atoms with Gasteiger partial charge in [-0.2, -0.15) is 0 Å². The second-order valence-electron chi connectivity index (χ2n) is 6.19. The second kappa shape index (κ2) is 5.80. The Bertz CT molecular complexity index is 614. The number of benzene rings is 2. The summed E-state index contributed by atoms with van der Waals surface area (Å²) in [4.78, 5) is 2.12. The first-order valence-electron chi connectivity index (χ1n) is 7.79. The molecule has 0 aliphatic heterocycles. The van der Waals surface area contributed by atoms with Crippen LogP contribution in [0, 0.1) is 0 Å². The van der Waals surface area contributed by atoms with Gasteiger partial charge in [0.05, 0.1) is 0 Å². The van der Waals surface area contributed by atoms with Gasteiger partial charge in [-0.05, 0) is 67.1 Å². The molecule has 1 aliphatic carbocycles. The number of anilines is 2. The third-order valence-electron chi connectivity index (χ3n) is 4.39. The summed E-state index contributed by atoms with van der Waals surface area (Å²) in [5, 5.41) is 3.60. The Morgan fingerprint density at radius 1 is 0.952 bits per heavy atom. The molecule has 2 aromatic carbocycles. The standard InChI is InChI=1S/C19H24N2/c1-14(16-8-7-15-5-4-6-17(15)13-16)20-18-9-11-19(12-10-18)21(2)3/h7-14,20H,4-6H2,1-3H3. The van der Waals surface area contributed by atoms with Crippen molar-refractivity contribution in [3.8, 4) is 0 Å². The Labute approximate surface area is 127 Å². The van der Waals surface area contributed by atoms with E-state index in [-0.39, 0.29) is 0 Å². The monoisotopic (exact) mass is 280 g/mol. The van der Waals surface area contributed by atoms with Crippen LogP contribution in [0.25, 0.3) is 0 Å². The van der Waals surface area contributed by atoms with Crippen molar-refractivity contribution in [1.82, 2.24) is 0 Å². The van der Waals surface area contributed by atoms with E-state index in [2.05, 4.69) is 73.7 Å². The van der Waals surface area contributed by atoms with Crippen molar-refractivity contribution in [2.45, 2.75) is 32.2 Å². The summed E-state index contributed by atoms with van der Waals surface area (Å²) >= 11 is 0. The minimum atomic E-state index is 0.334. The lowest BCUT2D eigenvalue weighted by Gasteiger charge is -2.18. The summed E-state index contributed by atoms with van der Waals surface area (Å²) in [5.41, 5.74) is 6.87. The van der Waals surface area contributed by atoms with Gasteiger partial charge in [-0.3, -0.25) is 0 Å². The van der Waals surface area contributed by atoms with E-state index in [0.29, 0.717) is 6.04 Å². The predicted octanol–water partition coefficient (Wildman–Crippen LogP) is 4.41. The lowest BCUT2D eigenvalue weighted by atomic mass is 10.0. The smallest absolute Gasteiger partial charge is 0.0485 e. The third kappa shape index (κ3) is 3.05. The van der Waals surface area contributed by atoms with Gasteiger partial charge in [0.25, 0.3) is 0 Å². The lowest BCUT2D eigenvalue weighted by molar-refractivity contribution is 0.879. The maximum atomic E-state index is 3.60. The highest BCUT2D eigenvalue weighted by Gasteiger charge is 2.13. The zero-order chi connectivity index (χ0) is 14.8. The van der Waals surface area contributed by atoms with Crippen LogP contribution in [-0.4, -0.2) is 14.1 Å². The molecule has 1 N–H and O–H groups in total. The average Bonchev–Trinajstić information content (AvgIpc) is 2.95. The SMILES string of the molecule is CC(Nc1ccc(N(C)C)cc1)c1ccc2c(c1)CCC2. The minimum absolute atomic E-state index is 0.334. The van der Waals surface area contributed by atoms with Crippen LogP contribution in [0.15, 0.2) is 42.5 Å². The van der Waals surface area contributed by atoms with Crippen LogP contribution in [-0.2, 0) is 12.8 Å². The van der Waals surface area contributed by atoms with Crippen LogP contribution in [0.5, 0.6) is 0 Å². The van der Waals surface area contributed by atoms with Crippen molar-refractivity contribution in [3.63, 3.8) is 0 Å². The topological polar surface area (TPSA) is 15.3 Å². The largest absolute Gasteiger partial charge is 0.379 e. The zero-order valence-corrected chi connectivity index (χ0v) is 13.2. The van der Waals surface area contributed by atoms with Gasteiger partial charge in [0.1, 0.15) is 0 Å². The molecule has 2 heteroatoms. The quantitative estimate of drug-likeness (QED) is 0.892. The van der Waals surface area contributed by atoms with Crippen LogP contribution >= 0.6 is 0 Å². The summed E-state index contributed by atoms with van der Waals surface area (Å²) in [6.07, 6.45) is 3.81. The van der Waals surface area contributed by atoms with Gasteiger partial charge >= 0.3 is 0 Å². The van der Waals surface area contributed by atoms with Crippen LogP contribution in [0.2, 0.25) is 0 Å². The fourth-order valence-corrected chi connectivity index (χ4v) is 3.05. The summed E-state index contributed by atoms with van der Waals surface area (Å²) in [6.45, 7) is 2.23. The highest BCUT2D eigenvalue weighted by molar-refractivity contribution is 5.55. The van der Waals surface area contributed by atoms with Crippen molar-refractivity contribution < 1.29 is 0 Å². The normalized spacial score (nSPS) is 14.6. The molecule has 110 valence electrons. The van der Waals surface area contributed by atoms with Gasteiger partial charge in [-0.25, -0.2) is 0 Å². The Morgan fingerprint density at radius 3 is 2.38 bits per heavy atom. The Kier molecular flexibility index (Phi) is 3.87. The molecule has 0 bridgehead atoms. The number of fused-ring (bicyclic) bond motifs is 1. The van der Waals surface area contributed by atoms with Crippen molar-refractivity contribution >= 4 is 11.4 Å². The van der Waals surface area contributed by atoms with E-state index in [4.69, 9.17) is 0 Å². The minimum Gasteiger partial charge on any atom is -0.379 e. The molecule has 0 saturated carbocycles. The van der Waals surface area contributed by atoms with E-state index in [1.165, 1.54) is 36.2 Å². The van der Waals surface area contributed by atoms with E-state index in [1.54, 1.807) is 11.1 Å². The third-order valence-corrected chi connectivity index (χ3v) is 4.39. The molecule has 0 fully saturated rings. The van der Waals surface area contributed by atoms with Gasteiger partial charge in [-0.15, -0.1) is 0 Å². The summed E-state index contributed by atoms with van der Waals surface area (Å²) in [6, 6.07) is 15.9. The molecular weight excluding hydrogens is 256 g/mol. The zero-order valence-electron chi connectivity index (χ0n) is 13.2. The van der Waals surface area contributed by atoms with Crippen molar-refractivity contribution in [3.05, 3.63) is 59.2 Å².